The minimum absolute atomic E-state index is 0.128. The second-order valence-corrected chi connectivity index (χ2v) is 8.43. The van der Waals surface area contributed by atoms with Crippen molar-refractivity contribution in [2.75, 3.05) is 13.2 Å². The van der Waals surface area contributed by atoms with Gasteiger partial charge in [0.25, 0.3) is 0 Å². The molecule has 0 N–H and O–H groups in total. The van der Waals surface area contributed by atoms with Crippen molar-refractivity contribution < 1.29 is 18.8 Å². The van der Waals surface area contributed by atoms with Crippen LogP contribution in [0.25, 0.3) is 11.0 Å². The average molecular weight is 389 g/mol. The highest BCUT2D eigenvalue weighted by Crippen LogP contribution is 2.33. The summed E-state index contributed by atoms with van der Waals surface area (Å²) in [5.41, 5.74) is 2.93. The Hall–Kier alpha value is -2.37. The van der Waals surface area contributed by atoms with Crippen LogP contribution in [0.4, 0.5) is 0 Å². The summed E-state index contributed by atoms with van der Waals surface area (Å²) >= 11 is 0. The third-order valence-corrected chi connectivity index (χ3v) is 4.52. The van der Waals surface area contributed by atoms with E-state index in [1.54, 1.807) is 0 Å². The second-order valence-electron chi connectivity index (χ2n) is 8.43. The highest BCUT2D eigenvalue weighted by atomic mass is 16.5. The van der Waals surface area contributed by atoms with Crippen LogP contribution in [0, 0.1) is 5.41 Å². The molecule has 1 heterocycles. The number of benzene rings is 1. The molecule has 0 spiro atoms. The van der Waals surface area contributed by atoms with Gasteiger partial charge in [-0.05, 0) is 36.8 Å². The lowest BCUT2D eigenvalue weighted by Gasteiger charge is -2.17. The summed E-state index contributed by atoms with van der Waals surface area (Å²) < 4.78 is 11.7. The highest BCUT2D eigenvalue weighted by Gasteiger charge is 2.20. The smallest absolute Gasteiger partial charge is 0.226 e. The molecule has 0 unspecified atom stereocenters. The van der Waals surface area contributed by atoms with Crippen LogP contribution in [0.5, 0.6) is 5.75 Å². The zero-order valence-electron chi connectivity index (χ0n) is 17.9. The van der Waals surface area contributed by atoms with Crippen molar-refractivity contribution in [2.45, 2.75) is 67.2 Å². The number of aryl methyl sites for hydroxylation is 1. The molecule has 0 radical (unpaired) electrons. The van der Waals surface area contributed by atoms with Crippen molar-refractivity contribution in [2.24, 2.45) is 5.41 Å². The van der Waals surface area contributed by atoms with Crippen molar-refractivity contribution in [3.05, 3.63) is 23.4 Å². The molecule has 154 valence electrons. The molecule has 1 aromatic carbocycles. The molecule has 0 fully saturated rings. The molecule has 0 atom stereocenters. The van der Waals surface area contributed by atoms with Crippen LogP contribution in [0.2, 0.25) is 0 Å². The lowest BCUT2D eigenvalue weighted by molar-refractivity contribution is -0.142. The van der Waals surface area contributed by atoms with E-state index in [-0.39, 0.29) is 17.2 Å². The fourth-order valence-corrected chi connectivity index (χ4v) is 3.28. The fourth-order valence-electron chi connectivity index (χ4n) is 3.28. The molecule has 28 heavy (non-hydrogen) atoms. The Morgan fingerprint density at radius 1 is 1.18 bits per heavy atom. The van der Waals surface area contributed by atoms with Gasteiger partial charge in [-0.1, -0.05) is 39.3 Å². The van der Waals surface area contributed by atoms with Gasteiger partial charge in [0, 0.05) is 31.3 Å². The highest BCUT2D eigenvalue weighted by molar-refractivity contribution is 5.92. The Morgan fingerprint density at radius 3 is 2.43 bits per heavy atom. The second kappa shape index (κ2) is 9.22. The first-order chi connectivity index (χ1) is 13.1. The Balaban J connectivity index is 2.15. The number of ether oxygens (including phenoxy) is 1. The third-order valence-electron chi connectivity index (χ3n) is 4.52. The number of amides is 2. The SMILES string of the molecule is CCCc1c(OCCCN(C(C)=O)C(C)=O)ccc2c(CC(C)(C)C)noc12. The van der Waals surface area contributed by atoms with Gasteiger partial charge < -0.3 is 9.26 Å². The van der Waals surface area contributed by atoms with Crippen molar-refractivity contribution in [1.82, 2.24) is 10.1 Å². The molecule has 2 aromatic rings. The van der Waals surface area contributed by atoms with E-state index in [1.807, 2.05) is 12.1 Å². The van der Waals surface area contributed by atoms with Gasteiger partial charge >= 0.3 is 0 Å². The minimum atomic E-state index is -0.242. The summed E-state index contributed by atoms with van der Waals surface area (Å²) in [5.74, 6) is 0.298. The lowest BCUT2D eigenvalue weighted by atomic mass is 9.89. The predicted octanol–water partition coefficient (Wildman–Crippen LogP) is 4.53. The molecule has 0 saturated heterocycles. The topological polar surface area (TPSA) is 72.6 Å². The van der Waals surface area contributed by atoms with E-state index >= 15 is 0 Å². The first kappa shape index (κ1) is 21.9. The number of hydrogen-bond donors (Lipinski definition) is 0. The van der Waals surface area contributed by atoms with Gasteiger partial charge in [-0.25, -0.2) is 0 Å². The summed E-state index contributed by atoms with van der Waals surface area (Å²) in [6.45, 7) is 12.2. The van der Waals surface area contributed by atoms with E-state index in [1.165, 1.54) is 18.7 Å². The van der Waals surface area contributed by atoms with E-state index < -0.39 is 0 Å². The number of imide groups is 1. The molecule has 2 amide bonds. The summed E-state index contributed by atoms with van der Waals surface area (Å²) in [6, 6.07) is 3.99. The molecule has 0 bridgehead atoms. The number of carbonyl (C=O) groups is 2. The van der Waals surface area contributed by atoms with Gasteiger partial charge in [-0.2, -0.15) is 0 Å². The quantitative estimate of drug-likeness (QED) is 0.621. The number of rotatable bonds is 8. The summed E-state index contributed by atoms with van der Waals surface area (Å²) in [4.78, 5) is 24.2. The lowest BCUT2D eigenvalue weighted by Crippen LogP contribution is -2.34. The zero-order valence-corrected chi connectivity index (χ0v) is 17.9. The van der Waals surface area contributed by atoms with Crippen LogP contribution >= 0.6 is 0 Å². The summed E-state index contributed by atoms with van der Waals surface area (Å²) in [7, 11) is 0. The largest absolute Gasteiger partial charge is 0.493 e. The monoisotopic (exact) mass is 388 g/mol. The van der Waals surface area contributed by atoms with Crippen LogP contribution < -0.4 is 4.74 Å². The molecule has 6 heteroatoms. The maximum absolute atomic E-state index is 11.5. The molecular formula is C22H32N2O4. The van der Waals surface area contributed by atoms with Gasteiger partial charge in [-0.3, -0.25) is 14.5 Å². The maximum Gasteiger partial charge on any atom is 0.226 e. The van der Waals surface area contributed by atoms with Crippen LogP contribution in [-0.4, -0.2) is 35.0 Å². The molecular weight excluding hydrogens is 356 g/mol. The van der Waals surface area contributed by atoms with E-state index in [0.717, 1.165) is 47.2 Å². The van der Waals surface area contributed by atoms with Crippen LogP contribution in [0.1, 0.15) is 65.6 Å². The Bertz CT molecular complexity index is 819. The molecule has 1 aromatic heterocycles. The first-order valence-corrected chi connectivity index (χ1v) is 9.95. The number of aromatic nitrogens is 1. The normalized spacial score (nSPS) is 11.6. The van der Waals surface area contributed by atoms with Gasteiger partial charge in [0.2, 0.25) is 11.8 Å². The van der Waals surface area contributed by atoms with E-state index in [4.69, 9.17) is 9.26 Å². The number of hydrogen-bond acceptors (Lipinski definition) is 5. The van der Waals surface area contributed by atoms with Gasteiger partial charge in [0.05, 0.1) is 12.3 Å². The van der Waals surface area contributed by atoms with Crippen LogP contribution in [-0.2, 0) is 22.4 Å². The third kappa shape index (κ3) is 5.57. The molecule has 0 aliphatic heterocycles. The standard InChI is InChI=1S/C22H32N2O4/c1-7-9-18-20(27-13-8-12-24(15(2)25)16(3)26)11-10-17-19(14-22(4,5)6)23-28-21(17)18/h10-11H,7-9,12-14H2,1-6H3. The van der Waals surface area contributed by atoms with E-state index in [9.17, 15) is 9.59 Å². The Kier molecular flexibility index (Phi) is 7.22. The number of nitrogens with zero attached hydrogens (tertiary/aromatic N) is 2. The van der Waals surface area contributed by atoms with Crippen molar-refractivity contribution in [3.8, 4) is 5.75 Å². The molecule has 0 aliphatic carbocycles. The maximum atomic E-state index is 11.5. The van der Waals surface area contributed by atoms with Crippen LogP contribution in [0.15, 0.2) is 16.7 Å². The van der Waals surface area contributed by atoms with Gasteiger partial charge in [0.1, 0.15) is 5.75 Å². The zero-order chi connectivity index (χ0) is 20.9. The first-order valence-electron chi connectivity index (χ1n) is 9.95. The van der Waals surface area contributed by atoms with Crippen molar-refractivity contribution in [3.63, 3.8) is 0 Å². The molecule has 2 rings (SSSR count). The van der Waals surface area contributed by atoms with Gasteiger partial charge in [-0.15, -0.1) is 0 Å². The minimum Gasteiger partial charge on any atom is -0.493 e. The van der Waals surface area contributed by atoms with Crippen molar-refractivity contribution in [1.29, 1.82) is 0 Å². The van der Waals surface area contributed by atoms with Crippen molar-refractivity contribution >= 4 is 22.8 Å². The summed E-state index contributed by atoms with van der Waals surface area (Å²) in [6.07, 6.45) is 3.23. The van der Waals surface area contributed by atoms with Gasteiger partial charge in [0.15, 0.2) is 5.58 Å². The Morgan fingerprint density at radius 2 is 1.86 bits per heavy atom. The van der Waals surface area contributed by atoms with E-state index in [2.05, 4.69) is 32.9 Å². The average Bonchev–Trinajstić information content (AvgIpc) is 2.97. The summed E-state index contributed by atoms with van der Waals surface area (Å²) in [5, 5.41) is 5.36. The molecule has 6 nitrogen and oxygen atoms in total. The number of fused-ring (bicyclic) bond motifs is 1. The van der Waals surface area contributed by atoms with E-state index in [0.29, 0.717) is 19.6 Å². The Labute approximate surface area is 167 Å². The van der Waals surface area contributed by atoms with Crippen LogP contribution in [0.3, 0.4) is 0 Å². The fraction of sp³-hybridized carbons (Fsp3) is 0.591. The predicted molar refractivity (Wildman–Crippen MR) is 109 cm³/mol. The molecule has 0 aliphatic rings. The number of carbonyl (C=O) groups excluding carboxylic acids is 2. The molecule has 0 saturated carbocycles.